The van der Waals surface area contributed by atoms with Crippen molar-refractivity contribution in [3.8, 4) is 0 Å². The van der Waals surface area contributed by atoms with E-state index in [0.29, 0.717) is 48.3 Å². The monoisotopic (exact) mass is 1010 g/mol. The summed E-state index contributed by atoms with van der Waals surface area (Å²) in [6.45, 7) is 1.55. The molecule has 10 saturated carbocycles. The highest BCUT2D eigenvalue weighted by Gasteiger charge is 2.48. The molecule has 22 atom stereocenters. The Kier molecular flexibility index (Phi) is 18.5. The van der Waals surface area contributed by atoms with E-state index in [9.17, 15) is 10.2 Å². The molecule has 22 unspecified atom stereocenters. The Morgan fingerprint density at radius 2 is 0.534 bits per heavy atom. The Morgan fingerprint density at radius 3 is 0.836 bits per heavy atom. The van der Waals surface area contributed by atoms with Crippen molar-refractivity contribution < 1.29 is 19.7 Å². The molecule has 0 radical (unpaired) electrons. The molecule has 0 aromatic heterocycles. The van der Waals surface area contributed by atoms with Crippen LogP contribution in [0.1, 0.15) is 238 Å². The van der Waals surface area contributed by atoms with Crippen LogP contribution in [0, 0.1) is 82.9 Å². The molecule has 12 rings (SSSR count). The Labute approximate surface area is 444 Å². The predicted molar refractivity (Wildman–Crippen MR) is 293 cm³/mol. The van der Waals surface area contributed by atoms with Gasteiger partial charge in [-0.2, -0.15) is 0 Å². The van der Waals surface area contributed by atoms with Crippen molar-refractivity contribution in [2.75, 3.05) is 13.2 Å². The van der Waals surface area contributed by atoms with Gasteiger partial charge in [0.1, 0.15) is 0 Å². The first-order chi connectivity index (χ1) is 35.9. The lowest BCUT2D eigenvalue weighted by atomic mass is 9.66. The Bertz CT molecular complexity index is 1490. The number of nitrogens with one attached hydrogen (secondary N) is 6. The van der Waals surface area contributed by atoms with E-state index < -0.39 is 0 Å². The van der Waals surface area contributed by atoms with Gasteiger partial charge in [-0.3, -0.25) is 31.9 Å². The number of unbranched alkanes of at least 4 members (excludes halogenated alkanes) is 2. The molecule has 12 fully saturated rings. The van der Waals surface area contributed by atoms with Crippen LogP contribution in [-0.2, 0) is 9.47 Å². The van der Waals surface area contributed by atoms with Gasteiger partial charge in [0.15, 0.2) is 0 Å². The molecule has 12 aliphatic rings. The fraction of sp³-hybridized carbons (Fsp3) is 1.00. The van der Waals surface area contributed by atoms with Crippen LogP contribution in [0.25, 0.3) is 0 Å². The predicted octanol–water partition coefficient (Wildman–Crippen LogP) is 11.2. The van der Waals surface area contributed by atoms with E-state index in [2.05, 4.69) is 31.9 Å². The molecule has 0 amide bonds. The number of fused-ring (bicyclic) bond motifs is 4. The standard InChI is InChI=1S/C63H110N6O4/c70-56-38-52(28-30-54(56)62-66-58(48-24-20-40-12-2-6-16-44(40)34-48)64-59(67-62)49-25-21-41-13-3-7-17-45(41)35-49)72-32-10-1-11-33-73-53-29-31-55(57(71)39-53)63-68-60(50-26-22-42-14-4-8-18-46(42)36-50)65-61(69-63)51-27-23-43-15-5-9-19-47(43)37-51/h40-71H,1-39H2. The summed E-state index contributed by atoms with van der Waals surface area (Å²) in [7, 11) is 0. The van der Waals surface area contributed by atoms with Crippen LogP contribution < -0.4 is 31.9 Å². The number of aliphatic hydroxyl groups excluding tert-OH is 2. The number of aliphatic hydroxyl groups is 2. The highest BCUT2D eigenvalue weighted by Crippen LogP contribution is 2.49. The smallest absolute Gasteiger partial charge is 0.0649 e. The Balaban J connectivity index is 0.574. The van der Waals surface area contributed by atoms with Crippen molar-refractivity contribution in [2.45, 2.75) is 299 Å². The molecular formula is C63H110N6O4. The molecule has 73 heavy (non-hydrogen) atoms. The average Bonchev–Trinajstić information content (AvgIpc) is 3.44. The minimum atomic E-state index is -0.336. The second kappa shape index (κ2) is 25.4. The van der Waals surface area contributed by atoms with E-state index in [-0.39, 0.29) is 48.6 Å². The summed E-state index contributed by atoms with van der Waals surface area (Å²) in [5, 5.41) is 48.9. The van der Waals surface area contributed by atoms with Crippen LogP contribution in [0.2, 0.25) is 0 Å². The normalized spacial score (nSPS) is 49.9. The molecule has 416 valence electrons. The molecule has 10 heteroatoms. The Morgan fingerprint density at radius 1 is 0.260 bits per heavy atom. The summed E-state index contributed by atoms with van der Waals surface area (Å²) in [4.78, 5) is 0. The number of ether oxygens (including phenoxy) is 2. The molecule has 2 aliphatic heterocycles. The van der Waals surface area contributed by atoms with Crippen molar-refractivity contribution in [3.05, 3.63) is 0 Å². The Hall–Kier alpha value is -0.400. The van der Waals surface area contributed by atoms with Gasteiger partial charge in [0.25, 0.3) is 0 Å². The van der Waals surface area contributed by atoms with Gasteiger partial charge in [0.05, 0.1) is 61.4 Å². The first-order valence-electron chi connectivity index (χ1n) is 33.1. The van der Waals surface area contributed by atoms with Crippen molar-refractivity contribution in [2.24, 2.45) is 82.9 Å². The first-order valence-corrected chi connectivity index (χ1v) is 33.1. The summed E-state index contributed by atoms with van der Waals surface area (Å²) in [5.74, 6) is 10.9. The van der Waals surface area contributed by atoms with E-state index in [1.807, 2.05) is 0 Å². The van der Waals surface area contributed by atoms with E-state index in [0.717, 1.165) is 118 Å². The first kappa shape index (κ1) is 53.3. The van der Waals surface area contributed by atoms with E-state index >= 15 is 0 Å². The van der Waals surface area contributed by atoms with Crippen molar-refractivity contribution >= 4 is 0 Å². The fourth-order valence-electron chi connectivity index (χ4n) is 20.1. The maximum absolute atomic E-state index is 11.9. The lowest BCUT2D eigenvalue weighted by molar-refractivity contribution is -0.0669. The van der Waals surface area contributed by atoms with Crippen LogP contribution in [0.3, 0.4) is 0 Å². The number of hydrogen-bond donors (Lipinski definition) is 8. The van der Waals surface area contributed by atoms with Gasteiger partial charge in [-0.1, -0.05) is 103 Å². The largest absolute Gasteiger partial charge is 0.393 e. The minimum Gasteiger partial charge on any atom is -0.393 e. The SMILES string of the molecule is OC1CC(OCCCCCOC2CCC(C3NC(C4CCC5CCCCC5C4)NC(C4CCC5CCCCC5C4)N3)C(O)C2)CCC1C1NC(C2CCC3CCCCC3C2)NC(C2CCC3CCCCC3C2)N1. The van der Waals surface area contributed by atoms with Gasteiger partial charge < -0.3 is 19.7 Å². The van der Waals surface area contributed by atoms with Crippen LogP contribution in [0.15, 0.2) is 0 Å². The number of rotatable bonds is 14. The third-order valence-corrected chi connectivity index (χ3v) is 24.4. The molecule has 0 aromatic rings. The number of hydrogen-bond acceptors (Lipinski definition) is 10. The van der Waals surface area contributed by atoms with Gasteiger partial charge in [-0.15, -0.1) is 0 Å². The van der Waals surface area contributed by atoms with Gasteiger partial charge in [0, 0.05) is 25.0 Å². The summed E-state index contributed by atoms with van der Waals surface area (Å²) in [6, 6.07) is 0. The topological polar surface area (TPSA) is 131 Å². The van der Waals surface area contributed by atoms with Gasteiger partial charge >= 0.3 is 0 Å². The summed E-state index contributed by atoms with van der Waals surface area (Å²) >= 11 is 0. The van der Waals surface area contributed by atoms with Crippen molar-refractivity contribution in [1.82, 2.24) is 31.9 Å². The van der Waals surface area contributed by atoms with Crippen LogP contribution >= 0.6 is 0 Å². The molecule has 2 heterocycles. The second-order valence-electron chi connectivity index (χ2n) is 28.5. The third-order valence-electron chi connectivity index (χ3n) is 24.4. The van der Waals surface area contributed by atoms with E-state index in [4.69, 9.17) is 9.47 Å². The summed E-state index contributed by atoms with van der Waals surface area (Å²) < 4.78 is 13.1. The quantitative estimate of drug-likeness (QED) is 0.0796. The fourth-order valence-corrected chi connectivity index (χ4v) is 20.1. The minimum absolute atomic E-state index is 0.156. The lowest BCUT2D eigenvalue weighted by Gasteiger charge is -2.52. The van der Waals surface area contributed by atoms with Gasteiger partial charge in [0.2, 0.25) is 0 Å². The van der Waals surface area contributed by atoms with Crippen LogP contribution in [-0.4, -0.2) is 84.8 Å². The maximum Gasteiger partial charge on any atom is 0.0649 e. The molecule has 0 aromatic carbocycles. The van der Waals surface area contributed by atoms with E-state index in [1.165, 1.54) is 180 Å². The van der Waals surface area contributed by atoms with E-state index in [1.54, 1.807) is 0 Å². The lowest BCUT2D eigenvalue weighted by Crippen LogP contribution is -2.73. The zero-order valence-electron chi connectivity index (χ0n) is 46.1. The van der Waals surface area contributed by atoms with Crippen LogP contribution in [0.4, 0.5) is 0 Å². The molecule has 10 nitrogen and oxygen atoms in total. The second-order valence-corrected chi connectivity index (χ2v) is 28.5. The zero-order chi connectivity index (χ0) is 49.1. The van der Waals surface area contributed by atoms with Crippen molar-refractivity contribution in [3.63, 3.8) is 0 Å². The molecular weight excluding hydrogens is 905 g/mol. The highest BCUT2D eigenvalue weighted by atomic mass is 16.5. The average molecular weight is 1020 g/mol. The molecule has 8 N–H and O–H groups in total. The summed E-state index contributed by atoms with van der Waals surface area (Å²) in [5.41, 5.74) is 0. The molecule has 0 bridgehead atoms. The van der Waals surface area contributed by atoms with Crippen molar-refractivity contribution in [1.29, 1.82) is 0 Å². The molecule has 10 aliphatic carbocycles. The molecule has 2 saturated heterocycles. The van der Waals surface area contributed by atoms with Gasteiger partial charge in [-0.25, -0.2) is 0 Å². The van der Waals surface area contributed by atoms with Crippen LogP contribution in [0.5, 0.6) is 0 Å². The maximum atomic E-state index is 11.9. The highest BCUT2D eigenvalue weighted by molar-refractivity contribution is 5.02. The zero-order valence-corrected chi connectivity index (χ0v) is 46.1. The summed E-state index contributed by atoms with van der Waals surface area (Å²) in [6.07, 6.45) is 50.1. The molecule has 0 spiro atoms. The van der Waals surface area contributed by atoms with Gasteiger partial charge in [-0.05, 0) is 206 Å². The third kappa shape index (κ3) is 13.0.